The highest BCUT2D eigenvalue weighted by molar-refractivity contribution is 5.71. The molecule has 0 aromatic carbocycles. The Morgan fingerprint density at radius 2 is 2.14 bits per heavy atom. The molecular weight excluding hydrogens is 268 g/mol. The standard InChI is InChI=1S/C15H20N4O2/c1-4-10-6-11(12(7-10)15(20)21)14-18-17-13-5-8(2)16-9(3)19(13)14/h5,10-12H,4,6-7H2,1-3H3,(H,20,21). The number of aromatic nitrogens is 4. The summed E-state index contributed by atoms with van der Waals surface area (Å²) in [7, 11) is 0. The smallest absolute Gasteiger partial charge is 0.307 e. The van der Waals surface area contributed by atoms with E-state index in [9.17, 15) is 9.90 Å². The van der Waals surface area contributed by atoms with E-state index in [2.05, 4.69) is 22.1 Å². The van der Waals surface area contributed by atoms with Gasteiger partial charge >= 0.3 is 5.97 Å². The molecular formula is C15H20N4O2. The molecule has 1 aliphatic rings. The summed E-state index contributed by atoms with van der Waals surface area (Å²) in [5.74, 6) is 0.828. The molecule has 2 aromatic heterocycles. The predicted octanol–water partition coefficient (Wildman–Crippen LogP) is 2.35. The lowest BCUT2D eigenvalue weighted by molar-refractivity contribution is -0.142. The van der Waals surface area contributed by atoms with Crippen molar-refractivity contribution in [2.75, 3.05) is 0 Å². The molecule has 1 saturated carbocycles. The quantitative estimate of drug-likeness (QED) is 0.937. The summed E-state index contributed by atoms with van der Waals surface area (Å²) in [5.41, 5.74) is 1.64. The normalized spacial score (nSPS) is 25.6. The van der Waals surface area contributed by atoms with Gasteiger partial charge in [0.15, 0.2) is 5.65 Å². The van der Waals surface area contributed by atoms with Gasteiger partial charge in [0.2, 0.25) is 0 Å². The van der Waals surface area contributed by atoms with Crippen LogP contribution >= 0.6 is 0 Å². The van der Waals surface area contributed by atoms with Crippen molar-refractivity contribution in [3.8, 4) is 0 Å². The van der Waals surface area contributed by atoms with Gasteiger partial charge in [0.05, 0.1) is 5.92 Å². The van der Waals surface area contributed by atoms with E-state index in [0.29, 0.717) is 5.92 Å². The monoisotopic (exact) mass is 288 g/mol. The first-order chi connectivity index (χ1) is 10.0. The number of hydrogen-bond acceptors (Lipinski definition) is 4. The van der Waals surface area contributed by atoms with Gasteiger partial charge in [-0.05, 0) is 32.6 Å². The number of carbonyl (C=O) groups is 1. The van der Waals surface area contributed by atoms with Crippen molar-refractivity contribution in [2.45, 2.75) is 46.0 Å². The Hall–Kier alpha value is -1.98. The molecule has 112 valence electrons. The second kappa shape index (κ2) is 5.09. The van der Waals surface area contributed by atoms with Crippen LogP contribution in [0, 0.1) is 25.7 Å². The van der Waals surface area contributed by atoms with E-state index < -0.39 is 5.97 Å². The van der Waals surface area contributed by atoms with E-state index in [0.717, 1.165) is 42.3 Å². The van der Waals surface area contributed by atoms with Crippen LogP contribution in [0.15, 0.2) is 6.07 Å². The Kier molecular flexibility index (Phi) is 3.39. The van der Waals surface area contributed by atoms with Crippen LogP contribution in [-0.4, -0.2) is 30.7 Å². The van der Waals surface area contributed by atoms with Crippen molar-refractivity contribution in [1.82, 2.24) is 19.6 Å². The molecule has 1 aliphatic carbocycles. The molecule has 3 unspecified atom stereocenters. The van der Waals surface area contributed by atoms with E-state index in [-0.39, 0.29) is 11.8 Å². The van der Waals surface area contributed by atoms with Crippen molar-refractivity contribution >= 4 is 11.6 Å². The van der Waals surface area contributed by atoms with E-state index >= 15 is 0 Å². The third kappa shape index (κ3) is 2.28. The van der Waals surface area contributed by atoms with Crippen molar-refractivity contribution in [3.63, 3.8) is 0 Å². The topological polar surface area (TPSA) is 80.4 Å². The lowest BCUT2D eigenvalue weighted by Gasteiger charge is -2.14. The summed E-state index contributed by atoms with van der Waals surface area (Å²) in [5, 5.41) is 18.0. The van der Waals surface area contributed by atoms with Crippen molar-refractivity contribution in [3.05, 3.63) is 23.4 Å². The first-order valence-electron chi connectivity index (χ1n) is 7.43. The predicted molar refractivity (Wildman–Crippen MR) is 77.1 cm³/mol. The van der Waals surface area contributed by atoms with Crippen molar-refractivity contribution < 1.29 is 9.90 Å². The maximum absolute atomic E-state index is 11.6. The number of fused-ring (bicyclic) bond motifs is 1. The Balaban J connectivity index is 2.09. The Morgan fingerprint density at radius 1 is 1.38 bits per heavy atom. The van der Waals surface area contributed by atoms with E-state index in [1.807, 2.05) is 24.3 Å². The Bertz CT molecular complexity index is 694. The highest BCUT2D eigenvalue weighted by Gasteiger charge is 2.41. The first kappa shape index (κ1) is 14.0. The molecule has 21 heavy (non-hydrogen) atoms. The van der Waals surface area contributed by atoms with Crippen LogP contribution in [0.2, 0.25) is 0 Å². The van der Waals surface area contributed by atoms with Gasteiger partial charge in [-0.2, -0.15) is 0 Å². The lowest BCUT2D eigenvalue weighted by Crippen LogP contribution is -2.19. The average Bonchev–Trinajstić information content (AvgIpc) is 3.01. The summed E-state index contributed by atoms with van der Waals surface area (Å²) < 4.78 is 1.91. The second-order valence-corrected chi connectivity index (χ2v) is 5.99. The van der Waals surface area contributed by atoms with Gasteiger partial charge in [-0.3, -0.25) is 9.20 Å². The Labute approximate surface area is 123 Å². The minimum absolute atomic E-state index is 0.0781. The molecule has 0 saturated heterocycles. The fourth-order valence-corrected chi connectivity index (χ4v) is 3.53. The largest absolute Gasteiger partial charge is 0.481 e. The molecule has 1 N–H and O–H groups in total. The number of aliphatic carboxylic acids is 1. The van der Waals surface area contributed by atoms with Crippen LogP contribution < -0.4 is 0 Å². The number of hydrogen-bond donors (Lipinski definition) is 1. The third-order valence-electron chi connectivity index (χ3n) is 4.60. The molecule has 0 bridgehead atoms. The summed E-state index contributed by atoms with van der Waals surface area (Å²) in [6, 6.07) is 1.88. The van der Waals surface area contributed by atoms with Crippen LogP contribution in [-0.2, 0) is 4.79 Å². The summed E-state index contributed by atoms with van der Waals surface area (Å²) in [6.45, 7) is 5.95. The molecule has 3 rings (SSSR count). The number of rotatable bonds is 3. The van der Waals surface area contributed by atoms with Gasteiger partial charge in [-0.15, -0.1) is 10.2 Å². The molecule has 0 aliphatic heterocycles. The van der Waals surface area contributed by atoms with E-state index in [1.165, 1.54) is 0 Å². The summed E-state index contributed by atoms with van der Waals surface area (Å²) in [6.07, 6.45) is 2.60. The molecule has 6 heteroatoms. The molecule has 6 nitrogen and oxygen atoms in total. The van der Waals surface area contributed by atoms with Crippen LogP contribution in [0.3, 0.4) is 0 Å². The minimum atomic E-state index is -0.731. The van der Waals surface area contributed by atoms with E-state index in [4.69, 9.17) is 0 Å². The zero-order valence-electron chi connectivity index (χ0n) is 12.6. The lowest BCUT2D eigenvalue weighted by atomic mass is 9.95. The molecule has 0 radical (unpaired) electrons. The number of nitrogens with zero attached hydrogens (tertiary/aromatic N) is 4. The fraction of sp³-hybridized carbons (Fsp3) is 0.600. The molecule has 0 spiro atoms. The molecule has 2 aromatic rings. The van der Waals surface area contributed by atoms with Crippen molar-refractivity contribution in [1.29, 1.82) is 0 Å². The molecule has 0 amide bonds. The summed E-state index contributed by atoms with van der Waals surface area (Å²) >= 11 is 0. The summed E-state index contributed by atoms with van der Waals surface area (Å²) in [4.78, 5) is 16.0. The van der Waals surface area contributed by atoms with Crippen LogP contribution in [0.25, 0.3) is 5.65 Å². The zero-order valence-corrected chi connectivity index (χ0v) is 12.6. The number of aryl methyl sites for hydroxylation is 2. The van der Waals surface area contributed by atoms with Crippen molar-refractivity contribution in [2.24, 2.45) is 11.8 Å². The Morgan fingerprint density at radius 3 is 2.81 bits per heavy atom. The first-order valence-corrected chi connectivity index (χ1v) is 7.43. The number of carboxylic acids is 1. The van der Waals surface area contributed by atoms with Gasteiger partial charge in [-0.1, -0.05) is 13.3 Å². The van der Waals surface area contributed by atoms with Gasteiger partial charge in [0, 0.05) is 17.7 Å². The van der Waals surface area contributed by atoms with Crippen LogP contribution in [0.4, 0.5) is 0 Å². The average molecular weight is 288 g/mol. The maximum atomic E-state index is 11.6. The van der Waals surface area contributed by atoms with Gasteiger partial charge < -0.3 is 5.11 Å². The van der Waals surface area contributed by atoms with Crippen LogP contribution in [0.5, 0.6) is 0 Å². The van der Waals surface area contributed by atoms with E-state index in [1.54, 1.807) is 0 Å². The van der Waals surface area contributed by atoms with Gasteiger partial charge in [-0.25, -0.2) is 4.98 Å². The molecule has 3 atom stereocenters. The maximum Gasteiger partial charge on any atom is 0.307 e. The SMILES string of the molecule is CCC1CC(C(=O)O)C(c2nnc3cc(C)nc(C)n23)C1. The third-order valence-corrected chi connectivity index (χ3v) is 4.60. The zero-order chi connectivity index (χ0) is 15.1. The van der Waals surface area contributed by atoms with Crippen LogP contribution in [0.1, 0.15) is 49.4 Å². The fourth-order valence-electron chi connectivity index (χ4n) is 3.53. The number of carboxylic acid groups (broad SMARTS) is 1. The highest BCUT2D eigenvalue weighted by Crippen LogP contribution is 2.44. The van der Waals surface area contributed by atoms with Gasteiger partial charge in [0.1, 0.15) is 11.6 Å². The van der Waals surface area contributed by atoms with Gasteiger partial charge in [0.25, 0.3) is 0 Å². The second-order valence-electron chi connectivity index (χ2n) is 5.99. The molecule has 1 fully saturated rings. The minimum Gasteiger partial charge on any atom is -0.481 e. The molecule has 2 heterocycles. The highest BCUT2D eigenvalue weighted by atomic mass is 16.4.